The number of hydrogen-bond donors (Lipinski definition) is 4. The Morgan fingerprint density at radius 2 is 2.09 bits per heavy atom. The number of likely N-dealkylation sites (N-methyl/N-ethyl adjacent to an activating group) is 1. The number of aromatic nitrogens is 1. The van der Waals surface area contributed by atoms with E-state index in [1.807, 2.05) is 6.07 Å². The number of piperazine rings is 1. The Labute approximate surface area is 128 Å². The van der Waals surface area contributed by atoms with Crippen molar-refractivity contribution in [3.63, 3.8) is 0 Å². The van der Waals surface area contributed by atoms with E-state index in [2.05, 4.69) is 32.0 Å². The summed E-state index contributed by atoms with van der Waals surface area (Å²) in [6, 6.07) is 3.57. The van der Waals surface area contributed by atoms with Gasteiger partial charge in [0, 0.05) is 38.9 Å². The average Bonchev–Trinajstić information content (AvgIpc) is 2.52. The summed E-state index contributed by atoms with van der Waals surface area (Å²) in [6.45, 7) is 4.00. The standard InChI is InChI=1S/C13H21N5O4/c1-16-5-7-17(8-6-16)12-3-2-11(10-15-12)13(19)14-4-9-22-18(20)21/h2-3,10,18,20-21H,4-9H2,1H3/p+1. The normalized spacial score (nSPS) is 16.1. The van der Waals surface area contributed by atoms with Gasteiger partial charge in [0.05, 0.1) is 11.0 Å². The van der Waals surface area contributed by atoms with Crippen molar-refractivity contribution in [2.24, 2.45) is 0 Å². The molecule has 1 aromatic heterocycles. The van der Waals surface area contributed by atoms with Crippen LogP contribution < -0.4 is 15.6 Å². The van der Waals surface area contributed by atoms with Crippen molar-refractivity contribution < 1.29 is 25.4 Å². The summed E-state index contributed by atoms with van der Waals surface area (Å²) in [4.78, 5) is 25.1. The second-order valence-corrected chi connectivity index (χ2v) is 5.08. The molecule has 9 nitrogen and oxygen atoms in total. The minimum atomic E-state index is -1.10. The number of amides is 1. The molecule has 1 aliphatic heterocycles. The Morgan fingerprint density at radius 1 is 1.36 bits per heavy atom. The van der Waals surface area contributed by atoms with Gasteiger partial charge in [0.25, 0.3) is 5.91 Å². The lowest BCUT2D eigenvalue weighted by Crippen LogP contribution is -3.06. The Kier molecular flexibility index (Phi) is 6.04. The van der Waals surface area contributed by atoms with Gasteiger partial charge < -0.3 is 15.1 Å². The fourth-order valence-corrected chi connectivity index (χ4v) is 2.15. The molecule has 1 fully saturated rings. The third kappa shape index (κ3) is 4.90. The number of carbonyl (C=O) groups excluding carboxylic acids is 1. The lowest BCUT2D eigenvalue weighted by atomic mass is 10.2. The summed E-state index contributed by atoms with van der Waals surface area (Å²) < 4.78 is 0. The largest absolute Gasteiger partial charge is 0.354 e. The minimum absolute atomic E-state index is 0.0130. The maximum absolute atomic E-state index is 11.9. The molecule has 0 spiro atoms. The van der Waals surface area contributed by atoms with Gasteiger partial charge in [-0.05, 0) is 19.2 Å². The van der Waals surface area contributed by atoms with Crippen molar-refractivity contribution in [3.8, 4) is 0 Å². The molecule has 2 rings (SSSR count). The zero-order chi connectivity index (χ0) is 15.9. The molecular weight excluding hydrogens is 290 g/mol. The van der Waals surface area contributed by atoms with Crippen LogP contribution >= 0.6 is 0 Å². The zero-order valence-electron chi connectivity index (χ0n) is 12.5. The average molecular weight is 312 g/mol. The van der Waals surface area contributed by atoms with Crippen molar-refractivity contribution in [3.05, 3.63) is 23.9 Å². The summed E-state index contributed by atoms with van der Waals surface area (Å²) >= 11 is 0. The van der Waals surface area contributed by atoms with Gasteiger partial charge in [-0.2, -0.15) is 0 Å². The van der Waals surface area contributed by atoms with Crippen LogP contribution in [0.5, 0.6) is 0 Å². The van der Waals surface area contributed by atoms with E-state index in [9.17, 15) is 4.79 Å². The van der Waals surface area contributed by atoms with Crippen molar-refractivity contribution in [1.82, 2.24) is 15.2 Å². The molecule has 1 aromatic rings. The predicted molar refractivity (Wildman–Crippen MR) is 76.8 cm³/mol. The number of hydrogen-bond acceptors (Lipinski definition) is 7. The van der Waals surface area contributed by atoms with Crippen LogP contribution in [0.2, 0.25) is 0 Å². The van der Waals surface area contributed by atoms with Crippen molar-refractivity contribution >= 4 is 11.7 Å². The molecule has 1 saturated heterocycles. The van der Waals surface area contributed by atoms with Crippen molar-refractivity contribution in [2.45, 2.75) is 0 Å². The van der Waals surface area contributed by atoms with E-state index in [4.69, 9.17) is 10.4 Å². The van der Waals surface area contributed by atoms with Crippen molar-refractivity contribution in [1.29, 1.82) is 0 Å². The highest BCUT2D eigenvalue weighted by Gasteiger charge is 2.15. The quantitative estimate of drug-likeness (QED) is 0.361. The molecule has 1 amide bonds. The number of nitrogens with one attached hydrogen (secondary N) is 2. The first-order valence-electron chi connectivity index (χ1n) is 7.11. The minimum Gasteiger partial charge on any atom is -0.354 e. The van der Waals surface area contributed by atoms with Gasteiger partial charge >= 0.3 is 0 Å². The van der Waals surface area contributed by atoms with Crippen molar-refractivity contribution in [2.75, 3.05) is 51.3 Å². The SMILES string of the molecule is CN1CCN(c2ccc(C(=O)NCCO[NH+](O)O)cn2)CC1. The smallest absolute Gasteiger partial charge is 0.252 e. The topological polar surface area (TPSA) is 103 Å². The Hall–Kier alpha value is -1.78. The van der Waals surface area contributed by atoms with Gasteiger partial charge in [0.15, 0.2) is 0 Å². The summed E-state index contributed by atoms with van der Waals surface area (Å²) in [6.07, 6.45) is 1.54. The molecule has 122 valence electrons. The molecular formula is C13H22N5O4+. The first-order valence-corrected chi connectivity index (χ1v) is 7.11. The molecule has 1 aliphatic rings. The van der Waals surface area contributed by atoms with Crippen LogP contribution in [0, 0.1) is 0 Å². The van der Waals surface area contributed by atoms with Crippen LogP contribution in [0.15, 0.2) is 18.3 Å². The fourth-order valence-electron chi connectivity index (χ4n) is 2.15. The zero-order valence-corrected chi connectivity index (χ0v) is 12.5. The van der Waals surface area contributed by atoms with Crippen LogP contribution in [0.3, 0.4) is 0 Å². The molecule has 4 N–H and O–H groups in total. The molecule has 0 aromatic carbocycles. The number of quaternary nitrogens is 1. The predicted octanol–water partition coefficient (Wildman–Crippen LogP) is -1.84. The molecule has 0 saturated carbocycles. The van der Waals surface area contributed by atoms with Gasteiger partial charge in [-0.15, -0.1) is 15.3 Å². The maximum atomic E-state index is 11.9. The van der Waals surface area contributed by atoms with E-state index in [0.29, 0.717) is 5.56 Å². The van der Waals surface area contributed by atoms with E-state index in [-0.39, 0.29) is 19.1 Å². The van der Waals surface area contributed by atoms with E-state index >= 15 is 0 Å². The van der Waals surface area contributed by atoms with E-state index in [0.717, 1.165) is 32.0 Å². The molecule has 0 unspecified atom stereocenters. The highest BCUT2D eigenvalue weighted by Crippen LogP contribution is 2.13. The summed E-state index contributed by atoms with van der Waals surface area (Å²) in [5.41, 5.74) is 0.454. The number of rotatable bonds is 6. The highest BCUT2D eigenvalue weighted by molar-refractivity contribution is 5.94. The monoisotopic (exact) mass is 312 g/mol. The molecule has 0 radical (unpaired) electrons. The van der Waals surface area contributed by atoms with Crippen LogP contribution in [0.4, 0.5) is 5.82 Å². The lowest BCUT2D eigenvalue weighted by Gasteiger charge is -2.33. The number of pyridine rings is 1. The molecule has 0 atom stereocenters. The van der Waals surface area contributed by atoms with Gasteiger partial charge in [-0.3, -0.25) is 4.79 Å². The van der Waals surface area contributed by atoms with Gasteiger partial charge in [-0.25, -0.2) is 4.98 Å². The molecule has 9 heteroatoms. The summed E-state index contributed by atoms with van der Waals surface area (Å²) in [5.74, 6) is 0.589. The maximum Gasteiger partial charge on any atom is 0.252 e. The molecule has 2 heterocycles. The Balaban J connectivity index is 1.82. The number of carbonyl (C=O) groups is 1. The Bertz CT molecular complexity index is 474. The van der Waals surface area contributed by atoms with Gasteiger partial charge in [0.1, 0.15) is 12.4 Å². The summed E-state index contributed by atoms with van der Waals surface area (Å²) in [7, 11) is 2.09. The van der Waals surface area contributed by atoms with Crippen LogP contribution in [-0.4, -0.2) is 72.6 Å². The van der Waals surface area contributed by atoms with E-state index < -0.39 is 5.39 Å². The fraction of sp³-hybridized carbons (Fsp3) is 0.538. The van der Waals surface area contributed by atoms with Gasteiger partial charge in [0.2, 0.25) is 0 Å². The van der Waals surface area contributed by atoms with Crippen LogP contribution in [0.25, 0.3) is 0 Å². The third-order valence-electron chi connectivity index (χ3n) is 3.46. The third-order valence-corrected chi connectivity index (χ3v) is 3.46. The molecule has 22 heavy (non-hydrogen) atoms. The Morgan fingerprint density at radius 3 is 2.68 bits per heavy atom. The first-order chi connectivity index (χ1) is 10.6. The molecule has 0 aliphatic carbocycles. The number of anilines is 1. The van der Waals surface area contributed by atoms with Crippen LogP contribution in [0.1, 0.15) is 10.4 Å². The first kappa shape index (κ1) is 16.6. The van der Waals surface area contributed by atoms with Crippen LogP contribution in [-0.2, 0) is 4.84 Å². The lowest BCUT2D eigenvalue weighted by molar-refractivity contribution is -1.37. The van der Waals surface area contributed by atoms with E-state index in [1.165, 1.54) is 0 Å². The summed E-state index contributed by atoms with van der Waals surface area (Å²) in [5, 5.41) is 18.3. The van der Waals surface area contributed by atoms with Gasteiger partial charge in [-0.1, -0.05) is 0 Å². The second kappa shape index (κ2) is 8.01. The number of nitrogens with zero attached hydrogens (tertiary/aromatic N) is 3. The highest BCUT2D eigenvalue weighted by atomic mass is 17.1. The molecule has 0 bridgehead atoms. The van der Waals surface area contributed by atoms with E-state index in [1.54, 1.807) is 12.3 Å². The second-order valence-electron chi connectivity index (χ2n) is 5.08.